The normalized spacial score (nSPS) is 20.8. The van der Waals surface area contributed by atoms with Crippen LogP contribution in [-0.2, 0) is 6.54 Å². The van der Waals surface area contributed by atoms with E-state index in [1.807, 2.05) is 18.2 Å². The topological polar surface area (TPSA) is 34.1 Å². The molecular formula is C20H25FN2O. The average Bonchev–Trinajstić information content (AvgIpc) is 2.61. The molecular weight excluding hydrogens is 303 g/mol. The summed E-state index contributed by atoms with van der Waals surface area (Å²) in [6, 6.07) is 9.85. The lowest BCUT2D eigenvalue weighted by Crippen LogP contribution is -2.32. The predicted octanol–water partition coefficient (Wildman–Crippen LogP) is 4.56. The van der Waals surface area contributed by atoms with E-state index in [0.717, 1.165) is 34.9 Å². The molecule has 0 bridgehead atoms. The Balaban J connectivity index is 1.74. The van der Waals surface area contributed by atoms with Crippen LogP contribution in [0.2, 0.25) is 0 Å². The molecule has 4 heteroatoms. The molecule has 3 nitrogen and oxygen atoms in total. The number of rotatable bonds is 5. The summed E-state index contributed by atoms with van der Waals surface area (Å²) in [5.41, 5.74) is 2.91. The summed E-state index contributed by atoms with van der Waals surface area (Å²) in [6.07, 6.45) is 6.56. The maximum absolute atomic E-state index is 13.4. The molecule has 0 spiro atoms. The second-order valence-corrected chi connectivity index (χ2v) is 6.73. The van der Waals surface area contributed by atoms with E-state index in [0.29, 0.717) is 6.04 Å². The molecule has 1 saturated carbocycles. The molecule has 0 unspecified atom stereocenters. The molecule has 1 aliphatic carbocycles. The largest absolute Gasteiger partial charge is 0.496 e. The van der Waals surface area contributed by atoms with Crippen molar-refractivity contribution < 1.29 is 9.13 Å². The molecule has 0 radical (unpaired) electrons. The third-order valence-electron chi connectivity index (χ3n) is 4.94. The van der Waals surface area contributed by atoms with Gasteiger partial charge in [0.25, 0.3) is 0 Å². The smallest absolute Gasteiger partial charge is 0.213 e. The zero-order chi connectivity index (χ0) is 16.9. The van der Waals surface area contributed by atoms with Gasteiger partial charge < -0.3 is 10.1 Å². The van der Waals surface area contributed by atoms with E-state index in [2.05, 4.69) is 23.3 Å². The zero-order valence-electron chi connectivity index (χ0n) is 14.4. The SMILES string of the molecule is COc1ccc(-c2ccnc(F)c2)cc1CNC1CCC(C)CC1. The van der Waals surface area contributed by atoms with Crippen LogP contribution in [0.5, 0.6) is 5.75 Å². The molecule has 3 rings (SSSR count). The van der Waals surface area contributed by atoms with Gasteiger partial charge in [0, 0.05) is 30.4 Å². The summed E-state index contributed by atoms with van der Waals surface area (Å²) in [5.74, 6) is 1.26. The van der Waals surface area contributed by atoms with Crippen molar-refractivity contribution in [3.05, 3.63) is 48.0 Å². The van der Waals surface area contributed by atoms with Crippen molar-refractivity contribution >= 4 is 0 Å². The van der Waals surface area contributed by atoms with Crippen molar-refractivity contribution in [2.75, 3.05) is 7.11 Å². The minimum atomic E-state index is -0.459. The number of methoxy groups -OCH3 is 1. The number of nitrogens with zero attached hydrogens (tertiary/aromatic N) is 1. The molecule has 1 N–H and O–H groups in total. The second kappa shape index (κ2) is 7.75. The fourth-order valence-electron chi connectivity index (χ4n) is 3.40. The molecule has 0 atom stereocenters. The quantitative estimate of drug-likeness (QED) is 0.817. The molecule has 0 aliphatic heterocycles. The number of hydrogen-bond acceptors (Lipinski definition) is 3. The van der Waals surface area contributed by atoms with Crippen LogP contribution in [0, 0.1) is 11.9 Å². The van der Waals surface area contributed by atoms with Gasteiger partial charge in [-0.3, -0.25) is 0 Å². The average molecular weight is 328 g/mol. The summed E-state index contributed by atoms with van der Waals surface area (Å²) in [5, 5.41) is 3.66. The number of nitrogens with one attached hydrogen (secondary N) is 1. The molecule has 2 aromatic rings. The zero-order valence-corrected chi connectivity index (χ0v) is 14.4. The highest BCUT2D eigenvalue weighted by atomic mass is 19.1. The highest BCUT2D eigenvalue weighted by Gasteiger charge is 2.18. The first-order valence-corrected chi connectivity index (χ1v) is 8.68. The molecule has 0 amide bonds. The van der Waals surface area contributed by atoms with Crippen molar-refractivity contribution in [3.63, 3.8) is 0 Å². The van der Waals surface area contributed by atoms with E-state index < -0.39 is 5.95 Å². The van der Waals surface area contributed by atoms with E-state index in [9.17, 15) is 4.39 Å². The molecule has 1 heterocycles. The molecule has 1 aromatic heterocycles. The van der Waals surface area contributed by atoms with Gasteiger partial charge >= 0.3 is 0 Å². The van der Waals surface area contributed by atoms with Crippen molar-refractivity contribution in [3.8, 4) is 16.9 Å². The summed E-state index contributed by atoms with van der Waals surface area (Å²) >= 11 is 0. The van der Waals surface area contributed by atoms with Crippen LogP contribution < -0.4 is 10.1 Å². The molecule has 24 heavy (non-hydrogen) atoms. The Labute approximate surface area is 143 Å². The van der Waals surface area contributed by atoms with Crippen molar-refractivity contribution in [2.24, 2.45) is 5.92 Å². The Morgan fingerprint density at radius 1 is 1.12 bits per heavy atom. The fraction of sp³-hybridized carbons (Fsp3) is 0.450. The first-order chi connectivity index (χ1) is 11.7. The lowest BCUT2D eigenvalue weighted by atomic mass is 9.87. The van der Waals surface area contributed by atoms with Gasteiger partial charge in [0.15, 0.2) is 0 Å². The third-order valence-corrected chi connectivity index (χ3v) is 4.94. The van der Waals surface area contributed by atoms with Gasteiger partial charge in [-0.1, -0.05) is 13.0 Å². The maximum Gasteiger partial charge on any atom is 0.213 e. The van der Waals surface area contributed by atoms with Gasteiger partial charge in [-0.05, 0) is 60.9 Å². The Bertz CT molecular complexity index is 681. The molecule has 0 saturated heterocycles. The molecule has 128 valence electrons. The third kappa shape index (κ3) is 4.12. The van der Waals surface area contributed by atoms with Crippen LogP contribution in [0.3, 0.4) is 0 Å². The van der Waals surface area contributed by atoms with Crippen LogP contribution in [-0.4, -0.2) is 18.1 Å². The van der Waals surface area contributed by atoms with E-state index in [1.165, 1.54) is 37.9 Å². The van der Waals surface area contributed by atoms with E-state index >= 15 is 0 Å². The van der Waals surface area contributed by atoms with Crippen molar-refractivity contribution in [1.82, 2.24) is 10.3 Å². The molecule has 1 aliphatic rings. The highest BCUT2D eigenvalue weighted by Crippen LogP contribution is 2.28. The van der Waals surface area contributed by atoms with E-state index in [4.69, 9.17) is 4.74 Å². The van der Waals surface area contributed by atoms with E-state index in [-0.39, 0.29) is 0 Å². The molecule has 1 aromatic carbocycles. The Kier molecular flexibility index (Phi) is 5.46. The Hall–Kier alpha value is -1.94. The minimum absolute atomic E-state index is 0.459. The lowest BCUT2D eigenvalue weighted by Gasteiger charge is -2.27. The van der Waals surface area contributed by atoms with Gasteiger partial charge in [0.2, 0.25) is 5.95 Å². The first-order valence-electron chi connectivity index (χ1n) is 8.68. The maximum atomic E-state index is 13.4. The molecule has 1 fully saturated rings. The number of hydrogen-bond donors (Lipinski definition) is 1. The number of pyridine rings is 1. The number of benzene rings is 1. The first kappa shape index (κ1) is 16.9. The summed E-state index contributed by atoms with van der Waals surface area (Å²) in [7, 11) is 1.69. The standard InChI is InChI=1S/C20H25FN2O/c1-14-3-6-18(7-4-14)23-13-17-11-15(5-8-19(17)24-2)16-9-10-22-20(21)12-16/h5,8-12,14,18,23H,3-4,6-7,13H2,1-2H3. The predicted molar refractivity (Wildman–Crippen MR) is 94.4 cm³/mol. The minimum Gasteiger partial charge on any atom is -0.496 e. The van der Waals surface area contributed by atoms with Crippen molar-refractivity contribution in [2.45, 2.75) is 45.2 Å². The van der Waals surface area contributed by atoms with Gasteiger partial charge in [-0.25, -0.2) is 4.98 Å². The van der Waals surface area contributed by atoms with Crippen LogP contribution in [0.4, 0.5) is 4.39 Å². The van der Waals surface area contributed by atoms with Crippen LogP contribution in [0.25, 0.3) is 11.1 Å². The van der Waals surface area contributed by atoms with Gasteiger partial charge in [0.05, 0.1) is 7.11 Å². The van der Waals surface area contributed by atoms with Crippen LogP contribution in [0.1, 0.15) is 38.2 Å². The van der Waals surface area contributed by atoms with Gasteiger partial charge in [-0.15, -0.1) is 0 Å². The Morgan fingerprint density at radius 2 is 1.88 bits per heavy atom. The number of ether oxygens (including phenoxy) is 1. The summed E-state index contributed by atoms with van der Waals surface area (Å²) < 4.78 is 18.9. The van der Waals surface area contributed by atoms with Crippen molar-refractivity contribution in [1.29, 1.82) is 0 Å². The van der Waals surface area contributed by atoms with E-state index in [1.54, 1.807) is 7.11 Å². The van der Waals surface area contributed by atoms with Crippen LogP contribution in [0.15, 0.2) is 36.5 Å². The number of halogens is 1. The highest BCUT2D eigenvalue weighted by molar-refractivity contribution is 5.65. The van der Waals surface area contributed by atoms with Gasteiger partial charge in [-0.2, -0.15) is 4.39 Å². The van der Waals surface area contributed by atoms with Crippen LogP contribution >= 0.6 is 0 Å². The lowest BCUT2D eigenvalue weighted by molar-refractivity contribution is 0.305. The summed E-state index contributed by atoms with van der Waals surface area (Å²) in [4.78, 5) is 3.62. The second-order valence-electron chi connectivity index (χ2n) is 6.73. The summed E-state index contributed by atoms with van der Waals surface area (Å²) in [6.45, 7) is 3.10. The number of aromatic nitrogens is 1. The monoisotopic (exact) mass is 328 g/mol. The fourth-order valence-corrected chi connectivity index (χ4v) is 3.40. The Morgan fingerprint density at radius 3 is 2.58 bits per heavy atom. The van der Waals surface area contributed by atoms with Gasteiger partial charge in [0.1, 0.15) is 5.75 Å².